The van der Waals surface area contributed by atoms with Crippen molar-refractivity contribution in [3.63, 3.8) is 0 Å². The Morgan fingerprint density at radius 1 is 0.947 bits per heavy atom. The summed E-state index contributed by atoms with van der Waals surface area (Å²) >= 11 is 0. The second-order valence-electron chi connectivity index (χ2n) is 5.26. The van der Waals surface area contributed by atoms with E-state index in [-0.39, 0.29) is 0 Å². The van der Waals surface area contributed by atoms with E-state index in [9.17, 15) is 0 Å². The lowest BCUT2D eigenvalue weighted by atomic mass is 10.0. The lowest BCUT2D eigenvalue weighted by Crippen LogP contribution is -2.10. The summed E-state index contributed by atoms with van der Waals surface area (Å²) in [5, 5.41) is 0. The molecule has 3 nitrogen and oxygen atoms in total. The standard InChI is InChI=1S/C16H21N3/c1-11-12(2)17-13(3)18-16(11)15-8-6-14(7-9-15)10-19(4)5/h6-9H,10H2,1-5H3. The molecule has 0 aliphatic heterocycles. The molecule has 0 saturated heterocycles. The van der Waals surface area contributed by atoms with Gasteiger partial charge in [0.2, 0.25) is 0 Å². The summed E-state index contributed by atoms with van der Waals surface area (Å²) in [7, 11) is 4.16. The van der Waals surface area contributed by atoms with Crippen LogP contribution in [0.3, 0.4) is 0 Å². The van der Waals surface area contributed by atoms with E-state index in [1.165, 1.54) is 5.56 Å². The molecule has 0 aliphatic rings. The van der Waals surface area contributed by atoms with Gasteiger partial charge >= 0.3 is 0 Å². The Morgan fingerprint density at radius 3 is 2.16 bits per heavy atom. The summed E-state index contributed by atoms with van der Waals surface area (Å²) in [6.07, 6.45) is 0. The van der Waals surface area contributed by atoms with Gasteiger partial charge in [0, 0.05) is 17.8 Å². The van der Waals surface area contributed by atoms with Gasteiger partial charge < -0.3 is 4.90 Å². The Bertz CT molecular complexity index is 571. The topological polar surface area (TPSA) is 29.0 Å². The van der Waals surface area contributed by atoms with Crippen LogP contribution in [0.15, 0.2) is 24.3 Å². The molecule has 0 amide bonds. The predicted octanol–water partition coefficient (Wildman–Crippen LogP) is 3.13. The molecule has 1 aromatic heterocycles. The van der Waals surface area contributed by atoms with Crippen LogP contribution in [0.4, 0.5) is 0 Å². The molecule has 3 heteroatoms. The number of nitrogens with zero attached hydrogens (tertiary/aromatic N) is 3. The maximum absolute atomic E-state index is 4.57. The Kier molecular flexibility index (Phi) is 3.96. The van der Waals surface area contributed by atoms with E-state index < -0.39 is 0 Å². The molecular formula is C16H21N3. The smallest absolute Gasteiger partial charge is 0.126 e. The maximum Gasteiger partial charge on any atom is 0.126 e. The van der Waals surface area contributed by atoms with Crippen LogP contribution in [0.1, 0.15) is 22.6 Å². The first-order valence-corrected chi connectivity index (χ1v) is 6.53. The van der Waals surface area contributed by atoms with Crippen molar-refractivity contribution >= 4 is 0 Å². The van der Waals surface area contributed by atoms with E-state index >= 15 is 0 Å². The summed E-state index contributed by atoms with van der Waals surface area (Å²) in [4.78, 5) is 11.1. The number of aryl methyl sites for hydroxylation is 2. The highest BCUT2D eigenvalue weighted by molar-refractivity contribution is 5.63. The molecule has 0 N–H and O–H groups in total. The third-order valence-electron chi connectivity index (χ3n) is 3.23. The van der Waals surface area contributed by atoms with Gasteiger partial charge in [0.15, 0.2) is 0 Å². The summed E-state index contributed by atoms with van der Waals surface area (Å²) in [6, 6.07) is 8.63. The van der Waals surface area contributed by atoms with Crippen molar-refractivity contribution in [3.8, 4) is 11.3 Å². The normalized spacial score (nSPS) is 11.1. The van der Waals surface area contributed by atoms with Gasteiger partial charge in [-0.25, -0.2) is 9.97 Å². The third kappa shape index (κ3) is 3.18. The predicted molar refractivity (Wildman–Crippen MR) is 79.1 cm³/mol. The first kappa shape index (κ1) is 13.7. The van der Waals surface area contributed by atoms with Gasteiger partial charge in [-0.15, -0.1) is 0 Å². The number of rotatable bonds is 3. The van der Waals surface area contributed by atoms with Crippen molar-refractivity contribution in [2.24, 2.45) is 0 Å². The van der Waals surface area contributed by atoms with Crippen LogP contribution in [0, 0.1) is 20.8 Å². The zero-order valence-corrected chi connectivity index (χ0v) is 12.4. The minimum absolute atomic E-state index is 0.829. The lowest BCUT2D eigenvalue weighted by molar-refractivity contribution is 0.402. The summed E-state index contributed by atoms with van der Waals surface area (Å²) in [5.41, 5.74) is 5.73. The summed E-state index contributed by atoms with van der Waals surface area (Å²) in [5.74, 6) is 0.829. The van der Waals surface area contributed by atoms with Gasteiger partial charge in [0.05, 0.1) is 5.69 Å². The SMILES string of the molecule is Cc1nc(C)c(C)c(-c2ccc(CN(C)C)cc2)n1. The second kappa shape index (κ2) is 5.49. The third-order valence-corrected chi connectivity index (χ3v) is 3.23. The Morgan fingerprint density at radius 2 is 1.58 bits per heavy atom. The molecule has 2 rings (SSSR count). The Labute approximate surface area is 115 Å². The van der Waals surface area contributed by atoms with E-state index in [0.29, 0.717) is 0 Å². The fourth-order valence-electron chi connectivity index (χ4n) is 2.18. The van der Waals surface area contributed by atoms with Crippen LogP contribution in [-0.2, 0) is 6.54 Å². The zero-order chi connectivity index (χ0) is 14.0. The van der Waals surface area contributed by atoms with E-state index in [1.54, 1.807) is 0 Å². The van der Waals surface area contributed by atoms with Crippen LogP contribution >= 0.6 is 0 Å². The van der Waals surface area contributed by atoms with Gasteiger partial charge in [0.1, 0.15) is 5.82 Å². The summed E-state index contributed by atoms with van der Waals surface area (Å²) in [6.45, 7) is 7.02. The molecule has 100 valence electrons. The lowest BCUT2D eigenvalue weighted by Gasteiger charge is -2.12. The van der Waals surface area contributed by atoms with Crippen molar-refractivity contribution < 1.29 is 0 Å². The van der Waals surface area contributed by atoms with Crippen LogP contribution in [-0.4, -0.2) is 29.0 Å². The molecule has 0 unspecified atom stereocenters. The first-order valence-electron chi connectivity index (χ1n) is 6.53. The van der Waals surface area contributed by atoms with E-state index in [4.69, 9.17) is 0 Å². The second-order valence-corrected chi connectivity index (χ2v) is 5.26. The molecule has 0 bridgehead atoms. The monoisotopic (exact) mass is 255 g/mol. The molecule has 2 aromatic rings. The van der Waals surface area contributed by atoms with E-state index in [0.717, 1.165) is 34.9 Å². The summed E-state index contributed by atoms with van der Waals surface area (Å²) < 4.78 is 0. The van der Waals surface area contributed by atoms with Crippen LogP contribution < -0.4 is 0 Å². The molecule has 0 aliphatic carbocycles. The molecule has 0 fully saturated rings. The van der Waals surface area contributed by atoms with Crippen LogP contribution in [0.2, 0.25) is 0 Å². The molecule has 19 heavy (non-hydrogen) atoms. The van der Waals surface area contributed by atoms with Crippen LogP contribution in [0.25, 0.3) is 11.3 Å². The van der Waals surface area contributed by atoms with Gasteiger partial charge in [-0.3, -0.25) is 0 Å². The minimum Gasteiger partial charge on any atom is -0.305 e. The largest absolute Gasteiger partial charge is 0.305 e. The fraction of sp³-hybridized carbons (Fsp3) is 0.375. The average Bonchev–Trinajstić information content (AvgIpc) is 2.34. The molecule has 1 aromatic carbocycles. The average molecular weight is 255 g/mol. The van der Waals surface area contributed by atoms with Crippen molar-refractivity contribution in [2.45, 2.75) is 27.3 Å². The highest BCUT2D eigenvalue weighted by Crippen LogP contribution is 2.23. The molecule has 0 saturated carbocycles. The molecule has 1 heterocycles. The highest BCUT2D eigenvalue weighted by Gasteiger charge is 2.08. The number of aromatic nitrogens is 2. The van der Waals surface area contributed by atoms with E-state index in [1.807, 2.05) is 13.8 Å². The number of hydrogen-bond donors (Lipinski definition) is 0. The number of hydrogen-bond acceptors (Lipinski definition) is 3. The van der Waals surface area contributed by atoms with Crippen LogP contribution in [0.5, 0.6) is 0 Å². The fourth-order valence-corrected chi connectivity index (χ4v) is 2.18. The van der Waals surface area contributed by atoms with Gasteiger partial charge in [0.25, 0.3) is 0 Å². The van der Waals surface area contributed by atoms with E-state index in [2.05, 4.69) is 60.2 Å². The first-order chi connectivity index (χ1) is 8.97. The van der Waals surface area contributed by atoms with Crippen molar-refractivity contribution in [2.75, 3.05) is 14.1 Å². The van der Waals surface area contributed by atoms with Gasteiger partial charge in [-0.1, -0.05) is 24.3 Å². The molecule has 0 radical (unpaired) electrons. The maximum atomic E-state index is 4.57. The Hall–Kier alpha value is -1.74. The van der Waals surface area contributed by atoms with Gasteiger partial charge in [-0.2, -0.15) is 0 Å². The van der Waals surface area contributed by atoms with Crippen molar-refractivity contribution in [1.29, 1.82) is 0 Å². The van der Waals surface area contributed by atoms with Crippen molar-refractivity contribution in [1.82, 2.24) is 14.9 Å². The molecule has 0 atom stereocenters. The Balaban J connectivity index is 2.37. The quantitative estimate of drug-likeness (QED) is 0.843. The van der Waals surface area contributed by atoms with Crippen molar-refractivity contribution in [3.05, 3.63) is 46.9 Å². The highest BCUT2D eigenvalue weighted by atomic mass is 15.0. The number of benzene rings is 1. The molecular weight excluding hydrogens is 234 g/mol. The van der Waals surface area contributed by atoms with Gasteiger partial charge in [-0.05, 0) is 46.0 Å². The minimum atomic E-state index is 0.829. The molecule has 0 spiro atoms. The zero-order valence-electron chi connectivity index (χ0n) is 12.4.